The van der Waals surface area contributed by atoms with E-state index >= 15 is 0 Å². The van der Waals surface area contributed by atoms with Crippen LogP contribution in [0.3, 0.4) is 0 Å². The smallest absolute Gasteiger partial charge is 0.353 e. The molecular weight excluding hydrogens is 333 g/mol. The summed E-state index contributed by atoms with van der Waals surface area (Å²) in [4.78, 5) is 16.1. The number of nitrogens with zero attached hydrogens (tertiary/aromatic N) is 4. The highest BCUT2D eigenvalue weighted by Gasteiger charge is 2.33. The van der Waals surface area contributed by atoms with E-state index in [0.717, 1.165) is 6.07 Å². The van der Waals surface area contributed by atoms with Gasteiger partial charge in [-0.05, 0) is 30.7 Å². The third-order valence-electron chi connectivity index (χ3n) is 4.07. The number of hydrogen-bond donors (Lipinski definition) is 0. The molecule has 1 saturated heterocycles. The monoisotopic (exact) mass is 350 g/mol. The first-order valence-electron chi connectivity index (χ1n) is 7.95. The molecule has 0 atom stereocenters. The molecule has 8 heteroatoms. The van der Waals surface area contributed by atoms with E-state index in [9.17, 15) is 18.0 Å². The molecule has 0 spiro atoms. The molecule has 0 unspecified atom stereocenters. The first-order valence-corrected chi connectivity index (χ1v) is 7.95. The van der Waals surface area contributed by atoms with E-state index in [4.69, 9.17) is 0 Å². The van der Waals surface area contributed by atoms with Crippen LogP contribution in [0.25, 0.3) is 0 Å². The van der Waals surface area contributed by atoms with Gasteiger partial charge in [0.1, 0.15) is 0 Å². The lowest BCUT2D eigenvalue weighted by molar-refractivity contribution is -0.141. The van der Waals surface area contributed by atoms with Crippen LogP contribution in [-0.4, -0.2) is 47.2 Å². The first kappa shape index (κ1) is 17.2. The van der Waals surface area contributed by atoms with E-state index in [2.05, 4.69) is 10.2 Å². The van der Waals surface area contributed by atoms with Crippen LogP contribution in [0.4, 0.5) is 19.0 Å². The van der Waals surface area contributed by atoms with Crippen LogP contribution in [0.5, 0.6) is 0 Å². The van der Waals surface area contributed by atoms with Gasteiger partial charge in [0, 0.05) is 31.7 Å². The summed E-state index contributed by atoms with van der Waals surface area (Å²) in [6, 6.07) is 11.3. The van der Waals surface area contributed by atoms with Crippen LogP contribution < -0.4 is 4.90 Å². The van der Waals surface area contributed by atoms with Crippen LogP contribution in [-0.2, 0) is 6.18 Å². The molecule has 0 N–H and O–H groups in total. The zero-order valence-electron chi connectivity index (χ0n) is 13.4. The van der Waals surface area contributed by atoms with Crippen molar-refractivity contribution in [1.29, 1.82) is 0 Å². The van der Waals surface area contributed by atoms with Crippen LogP contribution >= 0.6 is 0 Å². The molecule has 0 aliphatic carbocycles. The number of benzene rings is 1. The molecule has 132 valence electrons. The predicted molar refractivity (Wildman–Crippen MR) is 86.2 cm³/mol. The highest BCUT2D eigenvalue weighted by molar-refractivity contribution is 5.94. The third-order valence-corrected chi connectivity index (χ3v) is 4.07. The molecule has 25 heavy (non-hydrogen) atoms. The van der Waals surface area contributed by atoms with Crippen molar-refractivity contribution in [2.24, 2.45) is 0 Å². The standard InChI is InChI=1S/C17H17F3N4O/c18-17(19,20)14-7-8-15(22-21-14)23-9-4-10-24(12-11-23)16(25)13-5-2-1-3-6-13/h1-3,5-8H,4,9-12H2. The lowest BCUT2D eigenvalue weighted by Gasteiger charge is -2.22. The van der Waals surface area contributed by atoms with Crippen molar-refractivity contribution >= 4 is 11.7 Å². The van der Waals surface area contributed by atoms with Gasteiger partial charge in [0.05, 0.1) is 0 Å². The summed E-state index contributed by atoms with van der Waals surface area (Å²) in [6.07, 6.45) is -3.79. The van der Waals surface area contributed by atoms with Gasteiger partial charge in [0.25, 0.3) is 5.91 Å². The van der Waals surface area contributed by atoms with E-state index in [-0.39, 0.29) is 5.91 Å². The zero-order valence-corrected chi connectivity index (χ0v) is 13.4. The molecule has 1 aliphatic rings. The third kappa shape index (κ3) is 4.07. The molecule has 2 heterocycles. The Morgan fingerprint density at radius 1 is 0.920 bits per heavy atom. The maximum Gasteiger partial charge on any atom is 0.435 e. The topological polar surface area (TPSA) is 49.3 Å². The number of aromatic nitrogens is 2. The fourth-order valence-electron chi connectivity index (χ4n) is 2.76. The summed E-state index contributed by atoms with van der Waals surface area (Å²) in [5, 5.41) is 6.95. The fraction of sp³-hybridized carbons (Fsp3) is 0.353. The minimum absolute atomic E-state index is 0.0408. The summed E-state index contributed by atoms with van der Waals surface area (Å²) in [5.41, 5.74) is -0.378. The lowest BCUT2D eigenvalue weighted by atomic mass is 10.2. The number of carbonyl (C=O) groups is 1. The average molecular weight is 350 g/mol. The second-order valence-electron chi connectivity index (χ2n) is 5.77. The van der Waals surface area contributed by atoms with Gasteiger partial charge in [0.2, 0.25) is 0 Å². The predicted octanol–water partition coefficient (Wildman–Crippen LogP) is 2.85. The number of rotatable bonds is 2. The molecule has 0 bridgehead atoms. The fourth-order valence-corrected chi connectivity index (χ4v) is 2.76. The maximum atomic E-state index is 12.6. The van der Waals surface area contributed by atoms with Crippen LogP contribution in [0.1, 0.15) is 22.5 Å². The number of carbonyl (C=O) groups excluding carboxylic acids is 1. The van der Waals surface area contributed by atoms with Crippen LogP contribution in [0.2, 0.25) is 0 Å². The number of alkyl halides is 3. The van der Waals surface area contributed by atoms with Crippen molar-refractivity contribution in [3.8, 4) is 0 Å². The molecule has 1 fully saturated rings. The second-order valence-corrected chi connectivity index (χ2v) is 5.77. The quantitative estimate of drug-likeness (QED) is 0.836. The number of halogens is 3. The highest BCUT2D eigenvalue weighted by Crippen LogP contribution is 2.27. The molecule has 1 aliphatic heterocycles. The molecule has 5 nitrogen and oxygen atoms in total. The van der Waals surface area contributed by atoms with Gasteiger partial charge in [-0.15, -0.1) is 10.2 Å². The molecule has 0 saturated carbocycles. The molecule has 0 radical (unpaired) electrons. The highest BCUT2D eigenvalue weighted by atomic mass is 19.4. The number of amides is 1. The van der Waals surface area contributed by atoms with Gasteiger partial charge in [-0.2, -0.15) is 13.2 Å². The Hall–Kier alpha value is -2.64. The van der Waals surface area contributed by atoms with Gasteiger partial charge in [-0.1, -0.05) is 18.2 Å². The zero-order chi connectivity index (χ0) is 17.9. The Morgan fingerprint density at radius 3 is 2.32 bits per heavy atom. The molecule has 2 aromatic rings. The van der Waals surface area contributed by atoms with Crippen molar-refractivity contribution < 1.29 is 18.0 Å². The van der Waals surface area contributed by atoms with Crippen molar-refractivity contribution in [3.63, 3.8) is 0 Å². The van der Waals surface area contributed by atoms with Crippen LogP contribution in [0.15, 0.2) is 42.5 Å². The molecular formula is C17H17F3N4O. The summed E-state index contributed by atoms with van der Waals surface area (Å²) in [7, 11) is 0. The van der Waals surface area contributed by atoms with E-state index in [0.29, 0.717) is 44.0 Å². The normalized spacial score (nSPS) is 15.8. The Morgan fingerprint density at radius 2 is 1.68 bits per heavy atom. The molecule has 1 aromatic carbocycles. The number of anilines is 1. The minimum atomic E-state index is -4.50. The summed E-state index contributed by atoms with van der Waals surface area (Å²) in [6.45, 7) is 2.19. The summed E-state index contributed by atoms with van der Waals surface area (Å²) in [5.74, 6) is 0.350. The van der Waals surface area contributed by atoms with Crippen molar-refractivity contribution in [1.82, 2.24) is 15.1 Å². The van der Waals surface area contributed by atoms with Gasteiger partial charge in [-0.25, -0.2) is 0 Å². The molecule has 1 aromatic heterocycles. The Kier molecular flexibility index (Phi) is 4.87. The Balaban J connectivity index is 1.66. The van der Waals surface area contributed by atoms with E-state index in [1.54, 1.807) is 17.0 Å². The van der Waals surface area contributed by atoms with Crippen molar-refractivity contribution in [3.05, 3.63) is 53.7 Å². The van der Waals surface area contributed by atoms with Gasteiger partial charge >= 0.3 is 6.18 Å². The minimum Gasteiger partial charge on any atom is -0.353 e. The summed E-state index contributed by atoms with van der Waals surface area (Å²) < 4.78 is 37.7. The second kappa shape index (κ2) is 7.08. The van der Waals surface area contributed by atoms with E-state index in [1.165, 1.54) is 6.07 Å². The molecule has 1 amide bonds. The van der Waals surface area contributed by atoms with E-state index < -0.39 is 11.9 Å². The van der Waals surface area contributed by atoms with Crippen LogP contribution in [0, 0.1) is 0 Å². The van der Waals surface area contributed by atoms with Gasteiger partial charge in [0.15, 0.2) is 11.5 Å². The van der Waals surface area contributed by atoms with E-state index in [1.807, 2.05) is 23.1 Å². The first-order chi connectivity index (χ1) is 11.9. The van der Waals surface area contributed by atoms with Crippen molar-refractivity contribution in [2.75, 3.05) is 31.1 Å². The largest absolute Gasteiger partial charge is 0.435 e. The average Bonchev–Trinajstić information content (AvgIpc) is 2.87. The Bertz CT molecular complexity index is 719. The van der Waals surface area contributed by atoms with Crippen molar-refractivity contribution in [2.45, 2.75) is 12.6 Å². The SMILES string of the molecule is O=C(c1ccccc1)N1CCCN(c2ccc(C(F)(F)F)nn2)CC1. The lowest BCUT2D eigenvalue weighted by Crippen LogP contribution is -2.35. The Labute approximate surface area is 143 Å². The van der Waals surface area contributed by atoms with Gasteiger partial charge < -0.3 is 9.80 Å². The van der Waals surface area contributed by atoms with Gasteiger partial charge in [-0.3, -0.25) is 4.79 Å². The maximum absolute atomic E-state index is 12.6. The summed E-state index contributed by atoms with van der Waals surface area (Å²) >= 11 is 0. The molecule has 3 rings (SSSR count). The number of hydrogen-bond acceptors (Lipinski definition) is 4.